The van der Waals surface area contributed by atoms with Crippen LogP contribution >= 0.6 is 11.8 Å². The van der Waals surface area contributed by atoms with Gasteiger partial charge < -0.3 is 4.98 Å². The Morgan fingerprint density at radius 2 is 2.00 bits per heavy atom. The van der Waals surface area contributed by atoms with E-state index >= 15 is 0 Å². The van der Waals surface area contributed by atoms with Gasteiger partial charge in [-0.1, -0.05) is 24.3 Å². The van der Waals surface area contributed by atoms with Crippen LogP contribution in [0.1, 0.15) is 28.2 Å². The van der Waals surface area contributed by atoms with Crippen LogP contribution in [0.15, 0.2) is 41.6 Å². The number of ketones is 1. The molecule has 2 N–H and O–H groups in total. The van der Waals surface area contributed by atoms with E-state index in [1.807, 2.05) is 0 Å². The molecule has 6 nitrogen and oxygen atoms in total. The second kappa shape index (κ2) is 6.62. The van der Waals surface area contributed by atoms with Crippen molar-refractivity contribution in [2.24, 2.45) is 0 Å². The van der Waals surface area contributed by atoms with Gasteiger partial charge in [-0.05, 0) is 23.4 Å². The van der Waals surface area contributed by atoms with Crippen LogP contribution in [0, 0.1) is 0 Å². The van der Waals surface area contributed by atoms with Gasteiger partial charge in [-0.2, -0.15) is 0 Å². The van der Waals surface area contributed by atoms with Crippen molar-refractivity contribution in [1.82, 2.24) is 15.3 Å². The summed E-state index contributed by atoms with van der Waals surface area (Å²) in [6, 6.07) is 6.94. The average Bonchev–Trinajstić information content (AvgIpc) is 3.16. The molecule has 2 aromatic rings. The highest BCUT2D eigenvalue weighted by Crippen LogP contribution is 2.25. The smallest absolute Gasteiger partial charge is 0.290 e. The van der Waals surface area contributed by atoms with Crippen LogP contribution < -0.4 is 5.32 Å². The Bertz CT molecular complexity index is 779. The van der Waals surface area contributed by atoms with Crippen LogP contribution in [0.4, 0.5) is 4.79 Å². The van der Waals surface area contributed by atoms with Gasteiger partial charge in [0.2, 0.25) is 0 Å². The number of rotatable bonds is 5. The number of thioether (sulfide) groups is 1. The number of benzene rings is 1. The number of nitrogens with zero attached hydrogens (tertiary/aromatic N) is 1. The molecule has 3 rings (SSSR count). The monoisotopic (exact) mass is 327 g/mol. The summed E-state index contributed by atoms with van der Waals surface area (Å²) in [5, 5.41) is 1.83. The van der Waals surface area contributed by atoms with Crippen LogP contribution in [0.2, 0.25) is 0 Å². The molecule has 0 radical (unpaired) electrons. The predicted molar refractivity (Wildman–Crippen MR) is 86.8 cm³/mol. The first-order chi connectivity index (χ1) is 11.1. The second-order valence-electron chi connectivity index (χ2n) is 4.93. The number of amides is 2. The Kier molecular flexibility index (Phi) is 4.38. The zero-order chi connectivity index (χ0) is 16.2. The first-order valence-electron chi connectivity index (χ1n) is 6.98. The van der Waals surface area contributed by atoms with Gasteiger partial charge in [0, 0.05) is 30.8 Å². The van der Waals surface area contributed by atoms with Crippen molar-refractivity contribution in [2.45, 2.75) is 12.8 Å². The number of aryl methyl sites for hydroxylation is 1. The van der Waals surface area contributed by atoms with Crippen LogP contribution in [-0.2, 0) is 11.2 Å². The number of imidazole rings is 1. The van der Waals surface area contributed by atoms with Gasteiger partial charge in [-0.3, -0.25) is 19.7 Å². The van der Waals surface area contributed by atoms with Crippen LogP contribution in [0.3, 0.4) is 0 Å². The molecule has 0 bridgehead atoms. The highest BCUT2D eigenvalue weighted by atomic mass is 32.2. The summed E-state index contributed by atoms with van der Waals surface area (Å²) in [4.78, 5) is 42.1. The molecule has 7 heteroatoms. The molecule has 1 fully saturated rings. The van der Waals surface area contributed by atoms with E-state index in [-0.39, 0.29) is 11.0 Å². The number of aromatic nitrogens is 2. The fourth-order valence-corrected chi connectivity index (χ4v) is 2.83. The molecule has 116 valence electrons. The molecular formula is C16H13N3O3S. The Hall–Kier alpha value is -2.67. The van der Waals surface area contributed by atoms with E-state index in [0.717, 1.165) is 23.1 Å². The van der Waals surface area contributed by atoms with Gasteiger partial charge in [-0.25, -0.2) is 4.98 Å². The quantitative estimate of drug-likeness (QED) is 0.650. The minimum Gasteiger partial charge on any atom is -0.349 e. The summed E-state index contributed by atoms with van der Waals surface area (Å²) in [5.74, 6) is 0.427. The number of nitrogens with one attached hydrogen (secondary N) is 2. The molecule has 0 unspecified atom stereocenters. The molecule has 1 saturated heterocycles. The lowest BCUT2D eigenvalue weighted by molar-refractivity contribution is -0.115. The maximum absolute atomic E-state index is 12.1. The normalized spacial score (nSPS) is 15.9. The van der Waals surface area contributed by atoms with Crippen molar-refractivity contribution in [2.75, 3.05) is 0 Å². The standard InChI is InChI=1S/C16H13N3O3S/c20-12(5-6-14-17-7-8-18-14)11-3-1-10(2-4-11)9-13-15(21)19-16(22)23-13/h1-4,7-9H,5-6H2,(H,17,18)(H,19,21,22)/b13-9+. The lowest BCUT2D eigenvalue weighted by Gasteiger charge is -2.01. The molecule has 1 aliphatic rings. The van der Waals surface area contributed by atoms with E-state index in [1.165, 1.54) is 0 Å². The summed E-state index contributed by atoms with van der Waals surface area (Å²) in [5.41, 5.74) is 1.37. The second-order valence-corrected chi connectivity index (χ2v) is 5.95. The Morgan fingerprint density at radius 3 is 2.61 bits per heavy atom. The third kappa shape index (κ3) is 3.75. The molecule has 2 amide bonds. The largest absolute Gasteiger partial charge is 0.349 e. The lowest BCUT2D eigenvalue weighted by atomic mass is 10.0. The molecule has 2 heterocycles. The number of carbonyl (C=O) groups excluding carboxylic acids is 3. The number of H-pyrrole nitrogens is 1. The van der Waals surface area contributed by atoms with Crippen molar-refractivity contribution >= 4 is 34.8 Å². The van der Waals surface area contributed by atoms with E-state index in [0.29, 0.717) is 23.3 Å². The van der Waals surface area contributed by atoms with Gasteiger partial charge in [0.05, 0.1) is 4.91 Å². The third-order valence-electron chi connectivity index (χ3n) is 3.32. The van der Waals surface area contributed by atoms with Gasteiger partial charge in [0.1, 0.15) is 5.82 Å². The summed E-state index contributed by atoms with van der Waals surface area (Å²) >= 11 is 0.870. The Balaban J connectivity index is 1.65. The first kappa shape index (κ1) is 15.2. The van der Waals surface area contributed by atoms with Crippen molar-refractivity contribution < 1.29 is 14.4 Å². The average molecular weight is 327 g/mol. The highest BCUT2D eigenvalue weighted by Gasteiger charge is 2.24. The summed E-state index contributed by atoms with van der Waals surface area (Å²) < 4.78 is 0. The van der Waals surface area contributed by atoms with Gasteiger partial charge >= 0.3 is 0 Å². The zero-order valence-electron chi connectivity index (χ0n) is 12.0. The molecule has 23 heavy (non-hydrogen) atoms. The minimum atomic E-state index is -0.390. The molecule has 1 aliphatic heterocycles. The van der Waals surface area contributed by atoms with Crippen molar-refractivity contribution in [3.8, 4) is 0 Å². The number of aromatic amines is 1. The predicted octanol–water partition coefficient (Wildman–Crippen LogP) is 2.55. The lowest BCUT2D eigenvalue weighted by Crippen LogP contribution is -2.17. The summed E-state index contributed by atoms with van der Waals surface area (Å²) in [6.07, 6.45) is 5.95. The van der Waals surface area contributed by atoms with Crippen LogP contribution in [0.25, 0.3) is 6.08 Å². The number of Topliss-reactive ketones (excluding diaryl/α,β-unsaturated/α-hetero) is 1. The maximum atomic E-state index is 12.1. The number of hydrogen-bond acceptors (Lipinski definition) is 5. The van der Waals surface area contributed by atoms with Crippen LogP contribution in [0.5, 0.6) is 0 Å². The van der Waals surface area contributed by atoms with Crippen molar-refractivity contribution in [3.63, 3.8) is 0 Å². The maximum Gasteiger partial charge on any atom is 0.290 e. The van der Waals surface area contributed by atoms with Gasteiger partial charge in [0.15, 0.2) is 5.78 Å². The molecule has 0 atom stereocenters. The SMILES string of the molecule is O=C1NC(=O)/C(=C\c2ccc(C(=O)CCc3ncc[nH]3)cc2)S1. The molecule has 0 saturated carbocycles. The Labute approximate surface area is 136 Å². The van der Waals surface area contributed by atoms with E-state index < -0.39 is 5.91 Å². The topological polar surface area (TPSA) is 91.9 Å². The third-order valence-corrected chi connectivity index (χ3v) is 4.13. The van der Waals surface area contributed by atoms with Crippen molar-refractivity contribution in [1.29, 1.82) is 0 Å². The van der Waals surface area contributed by atoms with Gasteiger partial charge in [0.25, 0.3) is 11.1 Å². The minimum absolute atomic E-state index is 0.0313. The summed E-state index contributed by atoms with van der Waals surface area (Å²) in [6.45, 7) is 0. The Morgan fingerprint density at radius 1 is 1.22 bits per heavy atom. The summed E-state index contributed by atoms with van der Waals surface area (Å²) in [7, 11) is 0. The van der Waals surface area contributed by atoms with Crippen LogP contribution in [-0.4, -0.2) is 26.9 Å². The van der Waals surface area contributed by atoms with E-state index in [2.05, 4.69) is 15.3 Å². The van der Waals surface area contributed by atoms with E-state index in [4.69, 9.17) is 0 Å². The molecular weight excluding hydrogens is 314 g/mol. The van der Waals surface area contributed by atoms with E-state index in [9.17, 15) is 14.4 Å². The zero-order valence-corrected chi connectivity index (χ0v) is 12.9. The number of imide groups is 1. The number of carbonyl (C=O) groups is 3. The van der Waals surface area contributed by atoms with Gasteiger partial charge in [-0.15, -0.1) is 0 Å². The molecule has 0 spiro atoms. The number of hydrogen-bond donors (Lipinski definition) is 2. The molecule has 0 aliphatic carbocycles. The molecule has 1 aromatic carbocycles. The first-order valence-corrected chi connectivity index (χ1v) is 7.80. The van der Waals surface area contributed by atoms with Crippen molar-refractivity contribution in [3.05, 3.63) is 58.5 Å². The van der Waals surface area contributed by atoms with E-state index in [1.54, 1.807) is 42.7 Å². The fraction of sp³-hybridized carbons (Fsp3) is 0.125. The molecule has 1 aromatic heterocycles. The highest BCUT2D eigenvalue weighted by molar-refractivity contribution is 8.18. The fourth-order valence-electron chi connectivity index (χ4n) is 2.15.